The third-order valence-electron chi connectivity index (χ3n) is 1.64. The molecule has 1 aliphatic heterocycles. The predicted octanol–water partition coefficient (Wildman–Crippen LogP) is 0.414. The summed E-state index contributed by atoms with van der Waals surface area (Å²) in [6, 6.07) is 9.46. The van der Waals surface area contributed by atoms with E-state index in [-0.39, 0.29) is 6.54 Å². The van der Waals surface area contributed by atoms with E-state index < -0.39 is 6.29 Å². The lowest BCUT2D eigenvalue weighted by atomic mass is 10.3. The van der Waals surface area contributed by atoms with Crippen LogP contribution >= 0.6 is 0 Å². The van der Waals surface area contributed by atoms with Gasteiger partial charge in [-0.25, -0.2) is 0 Å². The minimum Gasteiger partial charge on any atom is -0.814 e. The first kappa shape index (κ1) is 7.24. The van der Waals surface area contributed by atoms with Crippen LogP contribution in [-0.4, -0.2) is 17.5 Å². The second-order valence-corrected chi connectivity index (χ2v) is 2.53. The molecule has 2 rings (SSSR count). The number of rotatable bonds is 1. The van der Waals surface area contributed by atoms with Crippen molar-refractivity contribution in [1.29, 1.82) is 0 Å². The van der Waals surface area contributed by atoms with E-state index in [9.17, 15) is 5.11 Å². The Labute approximate surface area is 69.7 Å². The van der Waals surface area contributed by atoms with Gasteiger partial charge < -0.3 is 9.94 Å². The van der Waals surface area contributed by atoms with E-state index in [2.05, 4.69) is 10.1 Å². The number of benzene rings is 1. The molecule has 0 amide bonds. The van der Waals surface area contributed by atoms with Crippen LogP contribution in [0.4, 0.5) is 5.69 Å². The summed E-state index contributed by atoms with van der Waals surface area (Å²) in [6.07, 6.45) is -1.05. The fourth-order valence-electron chi connectivity index (χ4n) is 1.07. The van der Waals surface area contributed by atoms with E-state index in [4.69, 9.17) is 0 Å². The van der Waals surface area contributed by atoms with E-state index in [1.807, 2.05) is 30.3 Å². The van der Waals surface area contributed by atoms with Gasteiger partial charge in [-0.05, 0) is 4.70 Å². The predicted molar refractivity (Wildman–Crippen MR) is 38.5 cm³/mol. The van der Waals surface area contributed by atoms with Gasteiger partial charge in [0.25, 0.3) is 0 Å². The van der Waals surface area contributed by atoms with Crippen molar-refractivity contribution in [2.45, 2.75) is 6.29 Å². The minimum absolute atomic E-state index is 0.282. The topological polar surface area (TPSA) is 47.7 Å². The van der Waals surface area contributed by atoms with Gasteiger partial charge in [-0.15, -0.1) is 0 Å². The van der Waals surface area contributed by atoms with E-state index in [0.29, 0.717) is 0 Å². The lowest BCUT2D eigenvalue weighted by Gasteiger charge is -2.03. The van der Waals surface area contributed by atoms with Gasteiger partial charge in [-0.3, -0.25) is 0 Å². The fourth-order valence-corrected chi connectivity index (χ4v) is 1.07. The van der Waals surface area contributed by atoms with Crippen LogP contribution in [0.3, 0.4) is 0 Å². The highest BCUT2D eigenvalue weighted by Gasteiger charge is 2.20. The molecule has 1 aromatic carbocycles. The third kappa shape index (κ3) is 1.29. The molecule has 0 aromatic heterocycles. The van der Waals surface area contributed by atoms with Crippen LogP contribution in [0, 0.1) is 0 Å². The molecule has 0 N–H and O–H groups in total. The summed E-state index contributed by atoms with van der Waals surface area (Å²) in [7, 11) is 0. The van der Waals surface area contributed by atoms with Crippen molar-refractivity contribution in [2.24, 2.45) is 5.28 Å². The van der Waals surface area contributed by atoms with Crippen LogP contribution in [0.1, 0.15) is 0 Å². The Morgan fingerprint density at radius 1 is 1.42 bits per heavy atom. The molecule has 1 atom stereocenters. The van der Waals surface area contributed by atoms with Crippen molar-refractivity contribution in [3.8, 4) is 0 Å². The number of nitrogens with zero attached hydrogens (tertiary/aromatic N) is 2. The molecule has 0 aliphatic carbocycles. The molecule has 0 radical (unpaired) electrons. The molecular formula is C8H8N2O2. The highest BCUT2D eigenvalue weighted by Crippen LogP contribution is 2.14. The van der Waals surface area contributed by atoms with Crippen molar-refractivity contribution in [3.05, 3.63) is 30.3 Å². The molecule has 0 bridgehead atoms. The average molecular weight is 164 g/mol. The van der Waals surface area contributed by atoms with Gasteiger partial charge in [0.05, 0.1) is 0 Å². The number of para-hydroxylation sites is 1. The second kappa shape index (κ2) is 2.91. The van der Waals surface area contributed by atoms with Crippen LogP contribution in [0.2, 0.25) is 0 Å². The Bertz CT molecular complexity index is 297. The normalized spacial score (nSPS) is 21.8. The second-order valence-electron chi connectivity index (χ2n) is 2.53. The molecule has 1 aliphatic rings. The Morgan fingerprint density at radius 2 is 2.17 bits per heavy atom. The highest BCUT2D eigenvalue weighted by molar-refractivity contribution is 5.27. The first-order chi connectivity index (χ1) is 5.86. The monoisotopic (exact) mass is 164 g/mol. The lowest BCUT2D eigenvalue weighted by molar-refractivity contribution is -0.536. The van der Waals surface area contributed by atoms with E-state index in [0.717, 1.165) is 5.69 Å². The summed E-state index contributed by atoms with van der Waals surface area (Å²) in [4.78, 5) is 4.52. The molecule has 12 heavy (non-hydrogen) atoms. The van der Waals surface area contributed by atoms with Crippen molar-refractivity contribution < 1.29 is 14.6 Å². The standard InChI is InChI=1S/C8H8N2O2/c11-8-6-10(9-12-8)7-4-2-1-3-5-7/h1-5,8H,6H2. The van der Waals surface area contributed by atoms with Gasteiger partial charge in [0.1, 0.15) is 6.29 Å². The molecule has 4 heteroatoms. The molecule has 0 fully saturated rings. The summed E-state index contributed by atoms with van der Waals surface area (Å²) in [5.41, 5.74) is 0.885. The summed E-state index contributed by atoms with van der Waals surface area (Å²) in [5.74, 6) is 0. The molecule has 0 saturated carbocycles. The smallest absolute Gasteiger partial charge is 0.235 e. The average Bonchev–Trinajstić information content (AvgIpc) is 2.54. The van der Waals surface area contributed by atoms with Gasteiger partial charge >= 0.3 is 0 Å². The number of hydrogen-bond donors (Lipinski definition) is 0. The quantitative estimate of drug-likeness (QED) is 0.564. The summed E-state index contributed by atoms with van der Waals surface area (Å²) in [5, 5.41) is 14.4. The van der Waals surface area contributed by atoms with Crippen molar-refractivity contribution in [1.82, 2.24) is 0 Å². The Hall–Kier alpha value is -1.42. The summed E-state index contributed by atoms with van der Waals surface area (Å²) < 4.78 is 1.55. The molecule has 1 aromatic rings. The van der Waals surface area contributed by atoms with Gasteiger partial charge in [0.15, 0.2) is 5.28 Å². The van der Waals surface area contributed by atoms with Crippen molar-refractivity contribution in [3.63, 3.8) is 0 Å². The van der Waals surface area contributed by atoms with Crippen LogP contribution in [0.25, 0.3) is 0 Å². The van der Waals surface area contributed by atoms with E-state index >= 15 is 0 Å². The van der Waals surface area contributed by atoms with Crippen molar-refractivity contribution >= 4 is 5.69 Å². The van der Waals surface area contributed by atoms with Gasteiger partial charge in [-0.2, -0.15) is 0 Å². The van der Waals surface area contributed by atoms with Gasteiger partial charge in [0, 0.05) is 12.1 Å². The zero-order valence-electron chi connectivity index (χ0n) is 6.38. The third-order valence-corrected chi connectivity index (χ3v) is 1.64. The molecule has 0 saturated heterocycles. The maximum atomic E-state index is 10.8. The number of hydrogen-bond acceptors (Lipinski definition) is 3. The zero-order chi connectivity index (χ0) is 8.39. The first-order valence-electron chi connectivity index (χ1n) is 3.71. The zero-order valence-corrected chi connectivity index (χ0v) is 6.38. The molecule has 0 spiro atoms. The molecular weight excluding hydrogens is 156 g/mol. The first-order valence-corrected chi connectivity index (χ1v) is 3.71. The summed E-state index contributed by atoms with van der Waals surface area (Å²) >= 11 is 0. The molecule has 4 nitrogen and oxygen atoms in total. The molecule has 1 heterocycles. The molecule has 1 unspecified atom stereocenters. The van der Waals surface area contributed by atoms with Crippen LogP contribution < -0.4 is 5.11 Å². The molecule has 62 valence electrons. The Morgan fingerprint density at radius 3 is 2.75 bits per heavy atom. The van der Waals surface area contributed by atoms with Crippen molar-refractivity contribution in [2.75, 3.05) is 6.54 Å². The summed E-state index contributed by atoms with van der Waals surface area (Å²) in [6.45, 7) is 0.282. The lowest BCUT2D eigenvalue weighted by Crippen LogP contribution is -2.29. The maximum Gasteiger partial charge on any atom is 0.235 e. The Balaban J connectivity index is 2.22. The minimum atomic E-state index is -1.05. The van der Waals surface area contributed by atoms with Gasteiger partial charge in [0.2, 0.25) is 12.2 Å². The van der Waals surface area contributed by atoms with Crippen LogP contribution in [-0.2, 0) is 4.84 Å². The van der Waals surface area contributed by atoms with E-state index in [1.54, 1.807) is 4.70 Å². The highest BCUT2D eigenvalue weighted by atomic mass is 16.7. The largest absolute Gasteiger partial charge is 0.814 e. The van der Waals surface area contributed by atoms with Crippen LogP contribution in [0.15, 0.2) is 35.6 Å². The Kier molecular flexibility index (Phi) is 1.75. The van der Waals surface area contributed by atoms with Gasteiger partial charge in [-0.1, -0.05) is 18.2 Å². The maximum absolute atomic E-state index is 10.8. The van der Waals surface area contributed by atoms with E-state index in [1.165, 1.54) is 0 Å². The van der Waals surface area contributed by atoms with Crippen LogP contribution in [0.5, 0.6) is 0 Å². The fraction of sp³-hybridized carbons (Fsp3) is 0.250. The SMILES string of the molecule is [O-]C1C[N+](c2ccccc2)=NO1.